The number of rotatable bonds is 3. The SMILES string of the molecule is CNCC1CCCCCC1C1CC1. The molecule has 2 saturated carbocycles. The van der Waals surface area contributed by atoms with E-state index < -0.39 is 0 Å². The molecule has 1 N–H and O–H groups in total. The Bertz CT molecular complexity index is 151. The van der Waals surface area contributed by atoms with Crippen LogP contribution in [0.25, 0.3) is 0 Å². The Labute approximate surface area is 82.3 Å². The second-order valence-electron chi connectivity index (χ2n) is 4.96. The molecule has 2 unspecified atom stereocenters. The summed E-state index contributed by atoms with van der Waals surface area (Å²) in [5, 5.41) is 3.38. The van der Waals surface area contributed by atoms with Gasteiger partial charge in [0.25, 0.3) is 0 Å². The lowest BCUT2D eigenvalue weighted by atomic mass is 9.84. The van der Waals surface area contributed by atoms with E-state index in [1.807, 2.05) is 0 Å². The molecule has 0 bridgehead atoms. The topological polar surface area (TPSA) is 12.0 Å². The average Bonchev–Trinajstić information content (AvgIpc) is 2.88. The van der Waals surface area contributed by atoms with Crippen molar-refractivity contribution >= 4 is 0 Å². The third-order valence-corrected chi connectivity index (χ3v) is 3.91. The fraction of sp³-hybridized carbons (Fsp3) is 1.00. The molecule has 0 radical (unpaired) electrons. The molecule has 13 heavy (non-hydrogen) atoms. The molecule has 2 aliphatic rings. The van der Waals surface area contributed by atoms with E-state index in [1.54, 1.807) is 0 Å². The van der Waals surface area contributed by atoms with E-state index in [0.717, 1.165) is 17.8 Å². The molecule has 0 amide bonds. The minimum atomic E-state index is 1.000. The van der Waals surface area contributed by atoms with Crippen molar-refractivity contribution in [2.24, 2.45) is 17.8 Å². The Morgan fingerprint density at radius 1 is 1.00 bits per heavy atom. The summed E-state index contributed by atoms with van der Waals surface area (Å²) >= 11 is 0. The maximum Gasteiger partial charge on any atom is -0.00208 e. The Kier molecular flexibility index (Phi) is 3.26. The van der Waals surface area contributed by atoms with Crippen molar-refractivity contribution in [1.29, 1.82) is 0 Å². The van der Waals surface area contributed by atoms with Crippen molar-refractivity contribution in [2.75, 3.05) is 13.6 Å². The van der Waals surface area contributed by atoms with Gasteiger partial charge in [0.2, 0.25) is 0 Å². The predicted molar refractivity (Wildman–Crippen MR) is 56.7 cm³/mol. The van der Waals surface area contributed by atoms with E-state index >= 15 is 0 Å². The van der Waals surface area contributed by atoms with E-state index in [2.05, 4.69) is 12.4 Å². The minimum Gasteiger partial charge on any atom is -0.319 e. The summed E-state index contributed by atoms with van der Waals surface area (Å²) in [7, 11) is 2.11. The van der Waals surface area contributed by atoms with Gasteiger partial charge in [0.1, 0.15) is 0 Å². The largest absolute Gasteiger partial charge is 0.319 e. The first-order valence-corrected chi connectivity index (χ1v) is 6.06. The van der Waals surface area contributed by atoms with Gasteiger partial charge in [-0.15, -0.1) is 0 Å². The Balaban J connectivity index is 1.91. The summed E-state index contributed by atoms with van der Waals surface area (Å²) < 4.78 is 0. The Morgan fingerprint density at radius 3 is 2.46 bits per heavy atom. The molecule has 2 aliphatic carbocycles. The number of hydrogen-bond acceptors (Lipinski definition) is 1. The third-order valence-electron chi connectivity index (χ3n) is 3.91. The normalized spacial score (nSPS) is 35.8. The molecule has 2 rings (SSSR count). The molecule has 0 aliphatic heterocycles. The molecule has 0 heterocycles. The highest BCUT2D eigenvalue weighted by Gasteiger charge is 2.36. The van der Waals surface area contributed by atoms with Crippen LogP contribution in [0, 0.1) is 17.8 Å². The molecule has 1 heteroatoms. The molecule has 0 spiro atoms. The van der Waals surface area contributed by atoms with Crippen LogP contribution in [-0.2, 0) is 0 Å². The first kappa shape index (κ1) is 9.51. The van der Waals surface area contributed by atoms with E-state index in [4.69, 9.17) is 0 Å². The van der Waals surface area contributed by atoms with Gasteiger partial charge < -0.3 is 5.32 Å². The highest BCUT2D eigenvalue weighted by atomic mass is 14.8. The van der Waals surface area contributed by atoms with Gasteiger partial charge >= 0.3 is 0 Å². The second kappa shape index (κ2) is 4.45. The molecular formula is C12H23N. The van der Waals surface area contributed by atoms with Crippen LogP contribution in [0.1, 0.15) is 44.9 Å². The Hall–Kier alpha value is -0.0400. The fourth-order valence-electron chi connectivity index (χ4n) is 3.07. The molecular weight excluding hydrogens is 158 g/mol. The van der Waals surface area contributed by atoms with Crippen molar-refractivity contribution in [1.82, 2.24) is 5.32 Å². The first-order valence-electron chi connectivity index (χ1n) is 6.06. The van der Waals surface area contributed by atoms with Crippen molar-refractivity contribution in [3.8, 4) is 0 Å². The van der Waals surface area contributed by atoms with Crippen molar-refractivity contribution < 1.29 is 0 Å². The summed E-state index contributed by atoms with van der Waals surface area (Å²) in [6, 6.07) is 0. The van der Waals surface area contributed by atoms with E-state index in [9.17, 15) is 0 Å². The van der Waals surface area contributed by atoms with Gasteiger partial charge in [0, 0.05) is 0 Å². The lowest BCUT2D eigenvalue weighted by molar-refractivity contribution is 0.273. The van der Waals surface area contributed by atoms with Crippen LogP contribution in [0.3, 0.4) is 0 Å². The summed E-state index contributed by atoms with van der Waals surface area (Å²) in [6.07, 6.45) is 10.6. The summed E-state index contributed by atoms with van der Waals surface area (Å²) in [5.41, 5.74) is 0. The van der Waals surface area contributed by atoms with Crippen LogP contribution < -0.4 is 5.32 Å². The van der Waals surface area contributed by atoms with Crippen LogP contribution in [0.4, 0.5) is 0 Å². The van der Waals surface area contributed by atoms with Gasteiger partial charge in [-0.05, 0) is 57.0 Å². The molecule has 76 valence electrons. The third kappa shape index (κ3) is 2.46. The smallest absolute Gasteiger partial charge is 0.00208 e. The maximum absolute atomic E-state index is 3.38. The lowest BCUT2D eigenvalue weighted by Crippen LogP contribution is -2.26. The van der Waals surface area contributed by atoms with E-state index in [1.165, 1.54) is 51.5 Å². The maximum atomic E-state index is 3.38. The predicted octanol–water partition coefficient (Wildman–Crippen LogP) is 2.81. The van der Waals surface area contributed by atoms with E-state index in [0.29, 0.717) is 0 Å². The highest BCUT2D eigenvalue weighted by molar-refractivity contribution is 4.87. The zero-order valence-corrected chi connectivity index (χ0v) is 8.89. The lowest BCUT2D eigenvalue weighted by Gasteiger charge is -2.24. The molecule has 1 nitrogen and oxygen atoms in total. The second-order valence-corrected chi connectivity index (χ2v) is 4.96. The van der Waals surface area contributed by atoms with Crippen molar-refractivity contribution in [2.45, 2.75) is 44.9 Å². The molecule has 0 saturated heterocycles. The summed E-state index contributed by atoms with van der Waals surface area (Å²) in [4.78, 5) is 0. The van der Waals surface area contributed by atoms with Crippen LogP contribution in [0.5, 0.6) is 0 Å². The van der Waals surface area contributed by atoms with Gasteiger partial charge in [-0.25, -0.2) is 0 Å². The fourth-order valence-corrected chi connectivity index (χ4v) is 3.07. The zero-order chi connectivity index (χ0) is 9.10. The summed E-state index contributed by atoms with van der Waals surface area (Å²) in [5.74, 6) is 3.20. The van der Waals surface area contributed by atoms with Gasteiger partial charge in [-0.3, -0.25) is 0 Å². The van der Waals surface area contributed by atoms with Crippen LogP contribution >= 0.6 is 0 Å². The Morgan fingerprint density at radius 2 is 1.77 bits per heavy atom. The van der Waals surface area contributed by atoms with Crippen LogP contribution in [0.2, 0.25) is 0 Å². The van der Waals surface area contributed by atoms with Gasteiger partial charge in [0.15, 0.2) is 0 Å². The van der Waals surface area contributed by atoms with Gasteiger partial charge in [-0.1, -0.05) is 19.3 Å². The summed E-state index contributed by atoms with van der Waals surface area (Å²) in [6.45, 7) is 1.27. The molecule has 2 atom stereocenters. The standard InChI is InChI=1S/C12H23N/c1-13-9-11-5-3-2-4-6-12(11)10-7-8-10/h10-13H,2-9H2,1H3. The number of hydrogen-bond donors (Lipinski definition) is 1. The van der Waals surface area contributed by atoms with Crippen molar-refractivity contribution in [3.05, 3.63) is 0 Å². The molecule has 0 aromatic carbocycles. The highest BCUT2D eigenvalue weighted by Crippen LogP contribution is 2.45. The average molecular weight is 181 g/mol. The number of nitrogens with one attached hydrogen (secondary N) is 1. The van der Waals surface area contributed by atoms with Crippen molar-refractivity contribution in [3.63, 3.8) is 0 Å². The monoisotopic (exact) mass is 181 g/mol. The van der Waals surface area contributed by atoms with Gasteiger partial charge in [-0.2, -0.15) is 0 Å². The van der Waals surface area contributed by atoms with E-state index in [-0.39, 0.29) is 0 Å². The van der Waals surface area contributed by atoms with Crippen LogP contribution in [0.15, 0.2) is 0 Å². The van der Waals surface area contributed by atoms with Gasteiger partial charge in [0.05, 0.1) is 0 Å². The van der Waals surface area contributed by atoms with Crippen LogP contribution in [-0.4, -0.2) is 13.6 Å². The first-order chi connectivity index (χ1) is 6.42. The molecule has 2 fully saturated rings. The molecule has 0 aromatic rings. The minimum absolute atomic E-state index is 1.000. The molecule has 0 aromatic heterocycles. The quantitative estimate of drug-likeness (QED) is 0.660. The zero-order valence-electron chi connectivity index (χ0n) is 8.89.